The smallest absolute Gasteiger partial charge is 0.125 e. The highest BCUT2D eigenvalue weighted by atomic mass is 16.5. The first kappa shape index (κ1) is 12.8. The van der Waals surface area contributed by atoms with Crippen LogP contribution in [0.5, 0.6) is 5.75 Å². The molecule has 0 fully saturated rings. The van der Waals surface area contributed by atoms with Gasteiger partial charge >= 0.3 is 0 Å². The second-order valence-electron chi connectivity index (χ2n) is 5.89. The van der Waals surface area contributed by atoms with Crippen LogP contribution in [-0.4, -0.2) is 28.0 Å². The summed E-state index contributed by atoms with van der Waals surface area (Å²) in [6.45, 7) is 5.76. The van der Waals surface area contributed by atoms with Gasteiger partial charge in [-0.2, -0.15) is 0 Å². The van der Waals surface area contributed by atoms with Crippen molar-refractivity contribution in [1.29, 1.82) is 0 Å². The molecule has 0 atom stereocenters. The Kier molecular flexibility index (Phi) is 3.11. The average molecular weight is 281 g/mol. The first-order valence-electron chi connectivity index (χ1n) is 7.56. The Labute approximate surface area is 124 Å². The SMILES string of the molecule is Cc1ncc2c(n1)CN(Cc1ccc3c(c1)CCO3)CC2. The second-order valence-corrected chi connectivity index (χ2v) is 5.89. The molecular weight excluding hydrogens is 262 g/mol. The number of ether oxygens (including phenoxy) is 1. The Morgan fingerprint density at radius 1 is 1.24 bits per heavy atom. The van der Waals surface area contributed by atoms with Crippen LogP contribution in [0.4, 0.5) is 0 Å². The van der Waals surface area contributed by atoms with Crippen molar-refractivity contribution < 1.29 is 4.74 Å². The van der Waals surface area contributed by atoms with Crippen molar-refractivity contribution in [3.05, 3.63) is 52.6 Å². The number of nitrogens with zero attached hydrogens (tertiary/aromatic N) is 3. The van der Waals surface area contributed by atoms with E-state index in [1.165, 1.54) is 22.4 Å². The average Bonchev–Trinajstić information content (AvgIpc) is 2.94. The number of benzene rings is 1. The maximum absolute atomic E-state index is 5.57. The van der Waals surface area contributed by atoms with Crippen LogP contribution in [0.3, 0.4) is 0 Å². The summed E-state index contributed by atoms with van der Waals surface area (Å²) in [6, 6.07) is 6.59. The van der Waals surface area contributed by atoms with Gasteiger partial charge in [0.15, 0.2) is 0 Å². The molecular formula is C17H19N3O. The zero-order valence-electron chi connectivity index (χ0n) is 12.3. The molecule has 1 aromatic heterocycles. The number of aryl methyl sites for hydroxylation is 1. The first-order chi connectivity index (χ1) is 10.3. The van der Waals surface area contributed by atoms with Gasteiger partial charge in [-0.1, -0.05) is 12.1 Å². The lowest BCUT2D eigenvalue weighted by molar-refractivity contribution is 0.240. The Balaban J connectivity index is 1.51. The van der Waals surface area contributed by atoms with Crippen LogP contribution >= 0.6 is 0 Å². The molecule has 2 aromatic rings. The summed E-state index contributed by atoms with van der Waals surface area (Å²) in [7, 11) is 0. The van der Waals surface area contributed by atoms with E-state index in [2.05, 4.69) is 33.1 Å². The molecule has 0 radical (unpaired) electrons. The van der Waals surface area contributed by atoms with Crippen molar-refractivity contribution in [2.45, 2.75) is 32.9 Å². The molecule has 108 valence electrons. The molecule has 2 aliphatic heterocycles. The van der Waals surface area contributed by atoms with E-state index < -0.39 is 0 Å². The lowest BCUT2D eigenvalue weighted by Gasteiger charge is -2.28. The van der Waals surface area contributed by atoms with Crippen molar-refractivity contribution >= 4 is 0 Å². The minimum Gasteiger partial charge on any atom is -0.493 e. The van der Waals surface area contributed by atoms with Gasteiger partial charge in [-0.3, -0.25) is 4.90 Å². The van der Waals surface area contributed by atoms with Crippen LogP contribution in [0.25, 0.3) is 0 Å². The van der Waals surface area contributed by atoms with Gasteiger partial charge < -0.3 is 4.74 Å². The van der Waals surface area contributed by atoms with Gasteiger partial charge in [0.1, 0.15) is 11.6 Å². The maximum atomic E-state index is 5.57. The van der Waals surface area contributed by atoms with Crippen molar-refractivity contribution in [1.82, 2.24) is 14.9 Å². The van der Waals surface area contributed by atoms with Gasteiger partial charge in [-0.15, -0.1) is 0 Å². The van der Waals surface area contributed by atoms with E-state index in [1.807, 2.05) is 13.1 Å². The molecule has 0 saturated heterocycles. The van der Waals surface area contributed by atoms with Crippen molar-refractivity contribution in [2.75, 3.05) is 13.2 Å². The number of fused-ring (bicyclic) bond motifs is 2. The first-order valence-corrected chi connectivity index (χ1v) is 7.56. The summed E-state index contributed by atoms with van der Waals surface area (Å²) >= 11 is 0. The number of hydrogen-bond acceptors (Lipinski definition) is 4. The molecule has 21 heavy (non-hydrogen) atoms. The van der Waals surface area contributed by atoms with Gasteiger partial charge in [-0.25, -0.2) is 9.97 Å². The predicted molar refractivity (Wildman–Crippen MR) is 80.2 cm³/mol. The number of rotatable bonds is 2. The van der Waals surface area contributed by atoms with Gasteiger partial charge in [0.05, 0.1) is 12.3 Å². The zero-order chi connectivity index (χ0) is 14.2. The topological polar surface area (TPSA) is 38.2 Å². The lowest BCUT2D eigenvalue weighted by Crippen LogP contribution is -2.31. The molecule has 4 rings (SSSR count). The summed E-state index contributed by atoms with van der Waals surface area (Å²) < 4.78 is 5.57. The molecule has 0 unspecified atom stereocenters. The second kappa shape index (κ2) is 5.11. The molecule has 4 heteroatoms. The highest BCUT2D eigenvalue weighted by Crippen LogP contribution is 2.27. The van der Waals surface area contributed by atoms with E-state index in [-0.39, 0.29) is 0 Å². The third kappa shape index (κ3) is 2.51. The van der Waals surface area contributed by atoms with Crippen molar-refractivity contribution in [3.8, 4) is 5.75 Å². The predicted octanol–water partition coefficient (Wildman–Crippen LogP) is 2.28. The van der Waals surface area contributed by atoms with Gasteiger partial charge in [0.2, 0.25) is 0 Å². The molecule has 0 bridgehead atoms. The van der Waals surface area contributed by atoms with Crippen LogP contribution in [0.15, 0.2) is 24.4 Å². The summed E-state index contributed by atoms with van der Waals surface area (Å²) in [5.41, 5.74) is 5.22. The van der Waals surface area contributed by atoms with Crippen LogP contribution in [0, 0.1) is 6.92 Å². The van der Waals surface area contributed by atoms with Gasteiger partial charge in [0.25, 0.3) is 0 Å². The highest BCUT2D eigenvalue weighted by molar-refractivity contribution is 5.39. The molecule has 0 saturated carbocycles. The Morgan fingerprint density at radius 3 is 3.14 bits per heavy atom. The number of hydrogen-bond donors (Lipinski definition) is 0. The fraction of sp³-hybridized carbons (Fsp3) is 0.412. The summed E-state index contributed by atoms with van der Waals surface area (Å²) in [6.07, 6.45) is 4.07. The van der Waals surface area contributed by atoms with E-state index in [0.717, 1.165) is 50.7 Å². The van der Waals surface area contributed by atoms with E-state index in [4.69, 9.17) is 4.74 Å². The fourth-order valence-corrected chi connectivity index (χ4v) is 3.19. The van der Waals surface area contributed by atoms with Crippen LogP contribution < -0.4 is 4.74 Å². The van der Waals surface area contributed by atoms with Crippen molar-refractivity contribution in [2.24, 2.45) is 0 Å². The summed E-state index contributed by atoms with van der Waals surface area (Å²) in [5.74, 6) is 1.93. The molecule has 2 aliphatic rings. The van der Waals surface area contributed by atoms with Crippen molar-refractivity contribution in [3.63, 3.8) is 0 Å². The Hall–Kier alpha value is -1.94. The number of aromatic nitrogens is 2. The zero-order valence-corrected chi connectivity index (χ0v) is 12.3. The Morgan fingerprint density at radius 2 is 2.19 bits per heavy atom. The standard InChI is InChI=1S/C17H19N3O/c1-12-18-9-15-4-6-20(11-16(15)19-12)10-13-2-3-17-14(8-13)5-7-21-17/h2-3,8-9H,4-7,10-11H2,1H3. The van der Waals surface area contributed by atoms with Gasteiger partial charge in [0, 0.05) is 32.3 Å². The normalized spacial score (nSPS) is 17.2. The monoisotopic (exact) mass is 281 g/mol. The van der Waals surface area contributed by atoms with E-state index >= 15 is 0 Å². The summed E-state index contributed by atoms with van der Waals surface area (Å²) in [5, 5.41) is 0. The highest BCUT2D eigenvalue weighted by Gasteiger charge is 2.19. The molecule has 0 aliphatic carbocycles. The quantitative estimate of drug-likeness (QED) is 0.846. The third-order valence-electron chi connectivity index (χ3n) is 4.31. The minimum atomic E-state index is 0.825. The molecule has 0 amide bonds. The maximum Gasteiger partial charge on any atom is 0.125 e. The largest absolute Gasteiger partial charge is 0.493 e. The van der Waals surface area contributed by atoms with Gasteiger partial charge in [-0.05, 0) is 36.1 Å². The van der Waals surface area contributed by atoms with E-state index in [9.17, 15) is 0 Å². The lowest BCUT2D eigenvalue weighted by atomic mass is 10.0. The third-order valence-corrected chi connectivity index (χ3v) is 4.31. The van der Waals surface area contributed by atoms with E-state index in [0.29, 0.717) is 0 Å². The minimum absolute atomic E-state index is 0.825. The van der Waals surface area contributed by atoms with E-state index in [1.54, 1.807) is 0 Å². The van der Waals surface area contributed by atoms with Crippen LogP contribution in [0.1, 0.15) is 28.2 Å². The Bertz CT molecular complexity index is 684. The fourth-order valence-electron chi connectivity index (χ4n) is 3.19. The van der Waals surface area contributed by atoms with Crippen LogP contribution in [-0.2, 0) is 25.9 Å². The van der Waals surface area contributed by atoms with Crippen LogP contribution in [0.2, 0.25) is 0 Å². The molecule has 4 nitrogen and oxygen atoms in total. The summed E-state index contributed by atoms with van der Waals surface area (Å²) in [4.78, 5) is 11.4. The molecule has 3 heterocycles. The molecule has 0 N–H and O–H groups in total. The molecule has 0 spiro atoms. The molecule has 1 aromatic carbocycles.